The molecule has 0 aliphatic heterocycles. The van der Waals surface area contributed by atoms with E-state index in [0.29, 0.717) is 3.97 Å². The summed E-state index contributed by atoms with van der Waals surface area (Å²) in [6, 6.07) is 1.65. The molecule has 0 unspecified atom stereocenters. The number of hydrogen-bond donors (Lipinski definition) is 1. The largest absolute Gasteiger partial charge is 0.416 e. The Morgan fingerprint density at radius 2 is 1.84 bits per heavy atom. The molecule has 0 fully saturated rings. The predicted octanol–water partition coefficient (Wildman–Crippen LogP) is 1.72. The second kappa shape index (κ2) is 3.94. The number of halogens is 3. The fourth-order valence-corrected chi connectivity index (χ4v) is 2.75. The van der Waals surface area contributed by atoms with Gasteiger partial charge in [0.25, 0.3) is 0 Å². The standard InChI is InChI=1S/C10H10F3N3O2S/c1-5-3-7(10(11,12)13)4-8-9(5)15-6(2)16(8)19(14,17)18/h3-4H,1-2H3,(H2,14,17,18). The number of fused-ring (bicyclic) bond motifs is 1. The molecule has 2 rings (SSSR count). The molecule has 1 heterocycles. The molecule has 9 heteroatoms. The first-order valence-electron chi connectivity index (χ1n) is 5.12. The van der Waals surface area contributed by atoms with Gasteiger partial charge in [0.05, 0.1) is 16.6 Å². The summed E-state index contributed by atoms with van der Waals surface area (Å²) < 4.78 is 61.6. The molecule has 0 radical (unpaired) electrons. The highest BCUT2D eigenvalue weighted by Crippen LogP contribution is 2.33. The van der Waals surface area contributed by atoms with Crippen LogP contribution in [0.5, 0.6) is 0 Å². The second-order valence-electron chi connectivity index (χ2n) is 4.13. The quantitative estimate of drug-likeness (QED) is 0.869. The van der Waals surface area contributed by atoms with Gasteiger partial charge in [0.15, 0.2) is 0 Å². The van der Waals surface area contributed by atoms with Gasteiger partial charge in [-0.15, -0.1) is 0 Å². The maximum absolute atomic E-state index is 12.7. The Balaban J connectivity index is 2.94. The van der Waals surface area contributed by atoms with Gasteiger partial charge in [0.1, 0.15) is 5.82 Å². The average Bonchev–Trinajstić information content (AvgIpc) is 2.52. The molecule has 0 saturated carbocycles. The Hall–Kier alpha value is -1.61. The van der Waals surface area contributed by atoms with E-state index in [-0.39, 0.29) is 22.4 Å². The maximum Gasteiger partial charge on any atom is 0.416 e. The van der Waals surface area contributed by atoms with Crippen LogP contribution in [0, 0.1) is 13.8 Å². The van der Waals surface area contributed by atoms with Gasteiger partial charge < -0.3 is 0 Å². The molecule has 2 N–H and O–H groups in total. The minimum atomic E-state index is -4.57. The Kier molecular flexibility index (Phi) is 2.86. The van der Waals surface area contributed by atoms with Gasteiger partial charge in [-0.3, -0.25) is 0 Å². The molecule has 1 aromatic heterocycles. The first-order valence-corrected chi connectivity index (χ1v) is 6.62. The third kappa shape index (κ3) is 2.30. The van der Waals surface area contributed by atoms with E-state index in [1.165, 1.54) is 13.8 Å². The summed E-state index contributed by atoms with van der Waals surface area (Å²) in [6.07, 6.45) is -4.57. The number of benzene rings is 1. The van der Waals surface area contributed by atoms with E-state index in [1.807, 2.05) is 0 Å². The minimum absolute atomic E-state index is 0.0138. The summed E-state index contributed by atoms with van der Waals surface area (Å²) in [6.45, 7) is 2.79. The number of rotatable bonds is 1. The highest BCUT2D eigenvalue weighted by molar-refractivity contribution is 7.87. The summed E-state index contributed by atoms with van der Waals surface area (Å²) >= 11 is 0. The zero-order chi connectivity index (χ0) is 14.6. The Morgan fingerprint density at radius 3 is 2.32 bits per heavy atom. The Labute approximate surface area is 107 Å². The molecule has 0 saturated heterocycles. The molecule has 1 aromatic carbocycles. The zero-order valence-corrected chi connectivity index (χ0v) is 10.8. The second-order valence-corrected chi connectivity index (χ2v) is 5.52. The Morgan fingerprint density at radius 1 is 1.26 bits per heavy atom. The highest BCUT2D eigenvalue weighted by Gasteiger charge is 2.32. The molecule has 104 valence electrons. The van der Waals surface area contributed by atoms with Crippen molar-refractivity contribution in [3.8, 4) is 0 Å². The minimum Gasteiger partial charge on any atom is -0.232 e. The van der Waals surface area contributed by atoms with Crippen molar-refractivity contribution in [2.45, 2.75) is 20.0 Å². The third-order valence-corrected chi connectivity index (χ3v) is 3.62. The molecular formula is C10H10F3N3O2S. The summed E-state index contributed by atoms with van der Waals surface area (Å²) in [5.41, 5.74) is -0.704. The molecule has 0 aliphatic carbocycles. The lowest BCUT2D eigenvalue weighted by Gasteiger charge is -2.09. The van der Waals surface area contributed by atoms with Crippen molar-refractivity contribution in [1.82, 2.24) is 8.96 Å². The first kappa shape index (κ1) is 13.8. The van der Waals surface area contributed by atoms with Crippen molar-refractivity contribution in [2.75, 3.05) is 0 Å². The molecule has 0 bridgehead atoms. The van der Waals surface area contributed by atoms with Crippen LogP contribution in [0.3, 0.4) is 0 Å². The maximum atomic E-state index is 12.7. The molecular weight excluding hydrogens is 283 g/mol. The first-order chi connectivity index (χ1) is 8.51. The normalized spacial score (nSPS) is 13.2. The molecule has 5 nitrogen and oxygen atoms in total. The fraction of sp³-hybridized carbons (Fsp3) is 0.300. The van der Waals surface area contributed by atoms with Crippen LogP contribution >= 0.6 is 0 Å². The van der Waals surface area contributed by atoms with Crippen LogP contribution in [0.4, 0.5) is 13.2 Å². The number of nitrogens with two attached hydrogens (primary N) is 1. The summed E-state index contributed by atoms with van der Waals surface area (Å²) in [7, 11) is -4.21. The monoisotopic (exact) mass is 293 g/mol. The molecule has 0 spiro atoms. The van der Waals surface area contributed by atoms with E-state index in [2.05, 4.69) is 4.98 Å². The number of hydrogen-bond acceptors (Lipinski definition) is 3. The van der Waals surface area contributed by atoms with Crippen LogP contribution in [0.1, 0.15) is 17.0 Å². The van der Waals surface area contributed by atoms with Crippen LogP contribution in [-0.2, 0) is 16.4 Å². The van der Waals surface area contributed by atoms with E-state index in [9.17, 15) is 21.6 Å². The number of nitrogens with zero attached hydrogens (tertiary/aromatic N) is 2. The highest BCUT2D eigenvalue weighted by atomic mass is 32.2. The van der Waals surface area contributed by atoms with Crippen LogP contribution in [0.25, 0.3) is 11.0 Å². The number of aromatic nitrogens is 2. The van der Waals surface area contributed by atoms with Crippen LogP contribution in [0.2, 0.25) is 0 Å². The zero-order valence-electron chi connectivity index (χ0n) is 9.99. The number of aryl methyl sites for hydroxylation is 2. The van der Waals surface area contributed by atoms with E-state index in [4.69, 9.17) is 5.14 Å². The number of imidazole rings is 1. The number of alkyl halides is 3. The van der Waals surface area contributed by atoms with Gasteiger partial charge in [-0.05, 0) is 31.5 Å². The van der Waals surface area contributed by atoms with E-state index in [1.54, 1.807) is 0 Å². The molecule has 2 aromatic rings. The van der Waals surface area contributed by atoms with Gasteiger partial charge in [-0.2, -0.15) is 21.6 Å². The van der Waals surface area contributed by atoms with Crippen molar-refractivity contribution in [1.29, 1.82) is 0 Å². The lowest BCUT2D eigenvalue weighted by molar-refractivity contribution is -0.137. The smallest absolute Gasteiger partial charge is 0.232 e. The van der Waals surface area contributed by atoms with Crippen molar-refractivity contribution < 1.29 is 21.6 Å². The molecule has 0 atom stereocenters. The molecule has 0 amide bonds. The summed E-state index contributed by atoms with van der Waals surface area (Å²) in [4.78, 5) is 3.94. The van der Waals surface area contributed by atoms with Gasteiger partial charge >= 0.3 is 16.4 Å². The lowest BCUT2D eigenvalue weighted by Crippen LogP contribution is -2.23. The lowest BCUT2D eigenvalue weighted by atomic mass is 10.1. The van der Waals surface area contributed by atoms with Gasteiger partial charge in [0, 0.05) is 0 Å². The SMILES string of the molecule is Cc1cc(C(F)(F)F)cc2c1nc(C)n2S(N)(=O)=O. The fourth-order valence-electron chi connectivity index (χ4n) is 1.93. The molecule has 0 aliphatic rings. The molecule has 19 heavy (non-hydrogen) atoms. The predicted molar refractivity (Wildman–Crippen MR) is 62.7 cm³/mol. The van der Waals surface area contributed by atoms with Gasteiger partial charge in [-0.1, -0.05) is 0 Å². The average molecular weight is 293 g/mol. The van der Waals surface area contributed by atoms with E-state index >= 15 is 0 Å². The van der Waals surface area contributed by atoms with E-state index < -0.39 is 21.9 Å². The van der Waals surface area contributed by atoms with Crippen LogP contribution in [0.15, 0.2) is 12.1 Å². The summed E-state index contributed by atoms with van der Waals surface area (Å²) in [5, 5.41) is 4.99. The van der Waals surface area contributed by atoms with Crippen LogP contribution < -0.4 is 5.14 Å². The van der Waals surface area contributed by atoms with Crippen molar-refractivity contribution in [3.63, 3.8) is 0 Å². The van der Waals surface area contributed by atoms with Crippen molar-refractivity contribution in [3.05, 3.63) is 29.1 Å². The van der Waals surface area contributed by atoms with E-state index in [0.717, 1.165) is 12.1 Å². The summed E-state index contributed by atoms with van der Waals surface area (Å²) in [5.74, 6) is 0.0138. The third-order valence-electron chi connectivity index (χ3n) is 2.65. The Bertz CT molecular complexity index is 762. The van der Waals surface area contributed by atoms with Gasteiger partial charge in [-0.25, -0.2) is 14.1 Å². The van der Waals surface area contributed by atoms with Crippen molar-refractivity contribution >= 4 is 21.2 Å². The van der Waals surface area contributed by atoms with Crippen molar-refractivity contribution in [2.24, 2.45) is 5.14 Å². The van der Waals surface area contributed by atoms with Gasteiger partial charge in [0.2, 0.25) is 0 Å². The topological polar surface area (TPSA) is 78.0 Å². The van der Waals surface area contributed by atoms with Crippen LogP contribution in [-0.4, -0.2) is 17.4 Å².